The zero-order valence-corrected chi connectivity index (χ0v) is 16.0. The molecule has 28 heavy (non-hydrogen) atoms. The number of para-hydroxylation sites is 1. The van der Waals surface area contributed by atoms with E-state index < -0.39 is 0 Å². The molecule has 0 radical (unpaired) electrons. The molecule has 4 heterocycles. The number of carbonyl (C=O) groups excluding carboxylic acids is 1. The molecule has 0 unspecified atom stereocenters. The number of likely N-dealkylation sites (tertiary alicyclic amines) is 1. The van der Waals surface area contributed by atoms with Crippen molar-refractivity contribution in [1.29, 1.82) is 0 Å². The highest BCUT2D eigenvalue weighted by Gasteiger charge is 2.29. The molecule has 5 rings (SSSR count). The lowest BCUT2D eigenvalue weighted by atomic mass is 9.96. The summed E-state index contributed by atoms with van der Waals surface area (Å²) in [5.74, 6) is 2.61. The number of fused-ring (bicyclic) bond motifs is 2. The molecule has 1 aromatic carbocycles. The Balaban J connectivity index is 1.32. The van der Waals surface area contributed by atoms with Crippen LogP contribution in [-0.4, -0.2) is 56.7 Å². The highest BCUT2D eigenvalue weighted by molar-refractivity contribution is 5.88. The van der Waals surface area contributed by atoms with E-state index in [1.165, 1.54) is 0 Å². The van der Waals surface area contributed by atoms with Crippen LogP contribution in [0.5, 0.6) is 0 Å². The van der Waals surface area contributed by atoms with Gasteiger partial charge in [0.1, 0.15) is 11.6 Å². The van der Waals surface area contributed by atoms with Crippen molar-refractivity contribution in [1.82, 2.24) is 30.0 Å². The predicted octanol–water partition coefficient (Wildman–Crippen LogP) is 1.85. The molecule has 3 aromatic rings. The van der Waals surface area contributed by atoms with E-state index in [2.05, 4.69) is 31.1 Å². The molecule has 2 aromatic heterocycles. The zero-order chi connectivity index (χ0) is 18.9. The lowest BCUT2D eigenvalue weighted by molar-refractivity contribution is -0.131. The van der Waals surface area contributed by atoms with Gasteiger partial charge in [-0.15, -0.1) is 10.2 Å². The average Bonchev–Trinajstić information content (AvgIpc) is 3.25. The van der Waals surface area contributed by atoms with Gasteiger partial charge in [0, 0.05) is 62.2 Å². The first-order valence-electron chi connectivity index (χ1n) is 10.2. The predicted molar refractivity (Wildman–Crippen MR) is 107 cm³/mol. The van der Waals surface area contributed by atoms with Crippen LogP contribution in [0.15, 0.2) is 30.5 Å². The SMILES string of the molecule is O=C(Cc1c[nH]c2ccccc12)N1CCC[C@@H](c2nnc3n2CCNCC3)C1. The van der Waals surface area contributed by atoms with Crippen LogP contribution in [0.4, 0.5) is 0 Å². The third-order valence-electron chi connectivity index (χ3n) is 6.05. The summed E-state index contributed by atoms with van der Waals surface area (Å²) in [6, 6.07) is 8.16. The highest BCUT2D eigenvalue weighted by atomic mass is 16.2. The van der Waals surface area contributed by atoms with Crippen LogP contribution in [0.3, 0.4) is 0 Å². The first-order chi connectivity index (χ1) is 13.8. The second kappa shape index (κ2) is 7.39. The smallest absolute Gasteiger partial charge is 0.227 e. The molecule has 1 amide bonds. The van der Waals surface area contributed by atoms with Crippen LogP contribution >= 0.6 is 0 Å². The van der Waals surface area contributed by atoms with E-state index in [0.29, 0.717) is 6.42 Å². The van der Waals surface area contributed by atoms with Crippen molar-refractivity contribution < 1.29 is 4.79 Å². The summed E-state index contributed by atoms with van der Waals surface area (Å²) in [7, 11) is 0. The number of aromatic nitrogens is 4. The number of amides is 1. The van der Waals surface area contributed by atoms with Crippen molar-refractivity contribution >= 4 is 16.8 Å². The van der Waals surface area contributed by atoms with Gasteiger partial charge < -0.3 is 19.8 Å². The summed E-state index contributed by atoms with van der Waals surface area (Å²) in [5.41, 5.74) is 2.16. The average molecular weight is 378 g/mol. The van der Waals surface area contributed by atoms with Crippen molar-refractivity contribution in [3.8, 4) is 0 Å². The Morgan fingerprint density at radius 2 is 2.11 bits per heavy atom. The Morgan fingerprint density at radius 1 is 1.18 bits per heavy atom. The molecular formula is C21H26N6O. The summed E-state index contributed by atoms with van der Waals surface area (Å²) in [6.07, 6.45) is 5.42. The Kier molecular flexibility index (Phi) is 4.60. The van der Waals surface area contributed by atoms with Crippen LogP contribution in [0.25, 0.3) is 10.9 Å². The molecule has 7 heteroatoms. The fourth-order valence-electron chi connectivity index (χ4n) is 4.56. The van der Waals surface area contributed by atoms with Crippen molar-refractivity contribution in [2.75, 3.05) is 26.2 Å². The standard InChI is InChI=1S/C21H26N6O/c28-20(12-16-13-23-18-6-2-1-5-17(16)18)26-10-3-4-15(14-26)21-25-24-19-7-8-22-9-11-27(19)21/h1-2,5-6,13,15,22-23H,3-4,7-12,14H2/t15-/m1/s1. The van der Waals surface area contributed by atoms with Gasteiger partial charge in [-0.25, -0.2) is 0 Å². The number of carbonyl (C=O) groups is 1. The molecular weight excluding hydrogens is 352 g/mol. The molecule has 2 N–H and O–H groups in total. The number of benzene rings is 1. The number of piperidine rings is 1. The molecule has 1 atom stereocenters. The second-order valence-corrected chi connectivity index (χ2v) is 7.84. The minimum absolute atomic E-state index is 0.201. The van der Waals surface area contributed by atoms with Gasteiger partial charge in [-0.1, -0.05) is 18.2 Å². The maximum absolute atomic E-state index is 13.0. The van der Waals surface area contributed by atoms with Gasteiger partial charge in [0.05, 0.1) is 6.42 Å². The third kappa shape index (κ3) is 3.20. The largest absolute Gasteiger partial charge is 0.361 e. The van der Waals surface area contributed by atoms with E-state index in [0.717, 1.165) is 80.1 Å². The lowest BCUT2D eigenvalue weighted by Gasteiger charge is -2.32. The normalized spacial score (nSPS) is 20.1. The number of hydrogen-bond acceptors (Lipinski definition) is 4. The van der Waals surface area contributed by atoms with E-state index in [9.17, 15) is 4.79 Å². The molecule has 0 bridgehead atoms. The fraction of sp³-hybridized carbons (Fsp3) is 0.476. The Hall–Kier alpha value is -2.67. The van der Waals surface area contributed by atoms with Gasteiger partial charge in [0.2, 0.25) is 5.91 Å². The molecule has 2 aliphatic heterocycles. The molecule has 0 spiro atoms. The molecule has 1 fully saturated rings. The van der Waals surface area contributed by atoms with E-state index >= 15 is 0 Å². The summed E-state index contributed by atoms with van der Waals surface area (Å²) in [5, 5.41) is 13.5. The lowest BCUT2D eigenvalue weighted by Crippen LogP contribution is -2.40. The quantitative estimate of drug-likeness (QED) is 0.729. The number of rotatable bonds is 3. The highest BCUT2D eigenvalue weighted by Crippen LogP contribution is 2.27. The minimum atomic E-state index is 0.201. The second-order valence-electron chi connectivity index (χ2n) is 7.84. The Bertz CT molecular complexity index is 990. The van der Waals surface area contributed by atoms with Crippen LogP contribution in [0, 0.1) is 0 Å². The van der Waals surface area contributed by atoms with Gasteiger partial charge in [-0.05, 0) is 24.5 Å². The first-order valence-corrected chi connectivity index (χ1v) is 10.2. The molecule has 0 saturated carbocycles. The number of H-pyrrole nitrogens is 1. The summed E-state index contributed by atoms with van der Waals surface area (Å²) >= 11 is 0. The summed E-state index contributed by atoms with van der Waals surface area (Å²) in [4.78, 5) is 18.3. The van der Waals surface area contributed by atoms with Gasteiger partial charge in [0.15, 0.2) is 0 Å². The number of nitrogens with zero attached hydrogens (tertiary/aromatic N) is 4. The maximum atomic E-state index is 13.0. The molecule has 1 saturated heterocycles. The monoisotopic (exact) mass is 378 g/mol. The van der Waals surface area contributed by atoms with E-state index in [4.69, 9.17) is 0 Å². The van der Waals surface area contributed by atoms with Crippen molar-refractivity contribution in [3.05, 3.63) is 47.7 Å². The van der Waals surface area contributed by atoms with Gasteiger partial charge in [-0.3, -0.25) is 4.79 Å². The van der Waals surface area contributed by atoms with E-state index in [-0.39, 0.29) is 11.8 Å². The van der Waals surface area contributed by atoms with Gasteiger partial charge in [0.25, 0.3) is 0 Å². The summed E-state index contributed by atoms with van der Waals surface area (Å²) < 4.78 is 2.28. The summed E-state index contributed by atoms with van der Waals surface area (Å²) in [6.45, 7) is 4.40. The van der Waals surface area contributed by atoms with Crippen LogP contribution in [-0.2, 0) is 24.2 Å². The molecule has 146 valence electrons. The third-order valence-corrected chi connectivity index (χ3v) is 6.05. The Morgan fingerprint density at radius 3 is 3.07 bits per heavy atom. The molecule has 7 nitrogen and oxygen atoms in total. The maximum Gasteiger partial charge on any atom is 0.227 e. The van der Waals surface area contributed by atoms with E-state index in [1.807, 2.05) is 29.3 Å². The van der Waals surface area contributed by atoms with Crippen LogP contribution in [0.2, 0.25) is 0 Å². The fourth-order valence-corrected chi connectivity index (χ4v) is 4.56. The topological polar surface area (TPSA) is 78.8 Å². The van der Waals surface area contributed by atoms with Crippen molar-refractivity contribution in [2.45, 2.75) is 38.1 Å². The minimum Gasteiger partial charge on any atom is -0.361 e. The Labute approximate surface area is 164 Å². The van der Waals surface area contributed by atoms with Crippen LogP contribution in [0.1, 0.15) is 36.0 Å². The molecule has 2 aliphatic rings. The molecule has 0 aliphatic carbocycles. The van der Waals surface area contributed by atoms with Crippen LogP contribution < -0.4 is 5.32 Å². The number of aromatic amines is 1. The first kappa shape index (κ1) is 17.4. The van der Waals surface area contributed by atoms with Gasteiger partial charge in [-0.2, -0.15) is 0 Å². The van der Waals surface area contributed by atoms with Gasteiger partial charge >= 0.3 is 0 Å². The number of nitrogens with one attached hydrogen (secondary N) is 2. The zero-order valence-electron chi connectivity index (χ0n) is 16.0. The van der Waals surface area contributed by atoms with Crippen molar-refractivity contribution in [3.63, 3.8) is 0 Å². The number of hydrogen-bond donors (Lipinski definition) is 2. The van der Waals surface area contributed by atoms with E-state index in [1.54, 1.807) is 0 Å². The van der Waals surface area contributed by atoms with Crippen molar-refractivity contribution in [2.24, 2.45) is 0 Å².